The van der Waals surface area contributed by atoms with Crippen molar-refractivity contribution in [3.05, 3.63) is 49.1 Å². The molecular weight excluding hydrogens is 286 g/mol. The highest BCUT2D eigenvalue weighted by molar-refractivity contribution is 7.12. The molecule has 0 saturated carbocycles. The van der Waals surface area contributed by atoms with Crippen LogP contribution in [-0.2, 0) is 7.05 Å². The van der Waals surface area contributed by atoms with Gasteiger partial charge in [-0.3, -0.25) is 9.59 Å². The zero-order valence-electron chi connectivity index (χ0n) is 12.9. The topological polar surface area (TPSA) is 64.0 Å². The minimum absolute atomic E-state index is 0.131. The molecule has 112 valence electrons. The second-order valence-electron chi connectivity index (χ2n) is 5.16. The Morgan fingerprint density at radius 1 is 1.33 bits per heavy atom. The molecule has 21 heavy (non-hydrogen) atoms. The Balaban J connectivity index is 2.31. The molecule has 0 aliphatic heterocycles. The van der Waals surface area contributed by atoms with E-state index in [-0.39, 0.29) is 23.1 Å². The molecule has 0 fully saturated rings. The van der Waals surface area contributed by atoms with Crippen LogP contribution in [0.5, 0.6) is 0 Å². The molecule has 0 aliphatic carbocycles. The SMILES string of the molecule is Cc1ccc([C@@H](C)NC(=O)c2c(C)c(C)nn(C)c2=O)s1. The van der Waals surface area contributed by atoms with Gasteiger partial charge in [0.25, 0.3) is 11.5 Å². The second-order valence-corrected chi connectivity index (χ2v) is 6.48. The van der Waals surface area contributed by atoms with Gasteiger partial charge in [-0.05, 0) is 45.4 Å². The third kappa shape index (κ3) is 3.05. The van der Waals surface area contributed by atoms with Crippen LogP contribution in [-0.4, -0.2) is 15.7 Å². The number of nitrogens with one attached hydrogen (secondary N) is 1. The molecule has 0 unspecified atom stereocenters. The molecule has 0 bridgehead atoms. The van der Waals surface area contributed by atoms with E-state index in [4.69, 9.17) is 0 Å². The molecule has 1 atom stereocenters. The van der Waals surface area contributed by atoms with E-state index in [9.17, 15) is 9.59 Å². The van der Waals surface area contributed by atoms with E-state index in [1.54, 1.807) is 32.2 Å². The van der Waals surface area contributed by atoms with Gasteiger partial charge in [0, 0.05) is 16.8 Å². The largest absolute Gasteiger partial charge is 0.345 e. The smallest absolute Gasteiger partial charge is 0.279 e. The fourth-order valence-electron chi connectivity index (χ4n) is 2.14. The lowest BCUT2D eigenvalue weighted by Gasteiger charge is -2.14. The van der Waals surface area contributed by atoms with Crippen molar-refractivity contribution in [1.29, 1.82) is 0 Å². The summed E-state index contributed by atoms with van der Waals surface area (Å²) >= 11 is 1.64. The highest BCUT2D eigenvalue weighted by atomic mass is 32.1. The molecule has 1 amide bonds. The van der Waals surface area contributed by atoms with E-state index in [0.717, 1.165) is 4.88 Å². The Kier molecular flexibility index (Phi) is 4.27. The first-order valence-electron chi connectivity index (χ1n) is 6.73. The van der Waals surface area contributed by atoms with Crippen molar-refractivity contribution in [3.8, 4) is 0 Å². The molecule has 2 rings (SSSR count). The van der Waals surface area contributed by atoms with Crippen LogP contribution in [0.3, 0.4) is 0 Å². The van der Waals surface area contributed by atoms with E-state index in [2.05, 4.69) is 10.4 Å². The van der Waals surface area contributed by atoms with Gasteiger partial charge in [0.05, 0.1) is 11.7 Å². The molecule has 0 aromatic carbocycles. The summed E-state index contributed by atoms with van der Waals surface area (Å²) in [5, 5.41) is 6.97. The number of thiophene rings is 1. The number of rotatable bonds is 3. The van der Waals surface area contributed by atoms with Crippen molar-refractivity contribution in [1.82, 2.24) is 15.1 Å². The maximum Gasteiger partial charge on any atom is 0.279 e. The lowest BCUT2D eigenvalue weighted by atomic mass is 10.1. The zero-order chi connectivity index (χ0) is 15.7. The van der Waals surface area contributed by atoms with Gasteiger partial charge in [-0.25, -0.2) is 4.68 Å². The van der Waals surface area contributed by atoms with E-state index >= 15 is 0 Å². The highest BCUT2D eigenvalue weighted by Crippen LogP contribution is 2.22. The normalized spacial score (nSPS) is 12.2. The van der Waals surface area contributed by atoms with Crippen molar-refractivity contribution in [2.24, 2.45) is 7.05 Å². The number of hydrogen-bond acceptors (Lipinski definition) is 4. The van der Waals surface area contributed by atoms with Gasteiger partial charge in [-0.15, -0.1) is 11.3 Å². The molecular formula is C15H19N3O2S. The second kappa shape index (κ2) is 5.81. The monoisotopic (exact) mass is 305 g/mol. The number of nitrogens with zero attached hydrogens (tertiary/aromatic N) is 2. The van der Waals surface area contributed by atoms with E-state index in [0.29, 0.717) is 11.3 Å². The first kappa shape index (κ1) is 15.4. The van der Waals surface area contributed by atoms with Crippen LogP contribution in [0.25, 0.3) is 0 Å². The molecule has 5 nitrogen and oxygen atoms in total. The Morgan fingerprint density at radius 2 is 2.00 bits per heavy atom. The van der Waals surface area contributed by atoms with Crippen LogP contribution in [0.15, 0.2) is 16.9 Å². The summed E-state index contributed by atoms with van der Waals surface area (Å²) in [4.78, 5) is 26.8. The van der Waals surface area contributed by atoms with Crippen LogP contribution in [0.2, 0.25) is 0 Å². The third-order valence-electron chi connectivity index (χ3n) is 3.49. The average Bonchev–Trinajstić information content (AvgIpc) is 2.83. The number of amides is 1. The average molecular weight is 305 g/mol. The number of hydrogen-bond donors (Lipinski definition) is 1. The molecule has 2 aromatic rings. The first-order valence-corrected chi connectivity index (χ1v) is 7.54. The van der Waals surface area contributed by atoms with Crippen LogP contribution < -0.4 is 10.9 Å². The first-order chi connectivity index (χ1) is 9.81. The van der Waals surface area contributed by atoms with Crippen molar-refractivity contribution in [2.75, 3.05) is 0 Å². The number of aryl methyl sites for hydroxylation is 3. The summed E-state index contributed by atoms with van der Waals surface area (Å²) in [6.45, 7) is 7.47. The predicted octanol–water partition coefficient (Wildman–Crippen LogP) is 2.26. The predicted molar refractivity (Wildman–Crippen MR) is 83.9 cm³/mol. The number of carbonyl (C=O) groups is 1. The minimum atomic E-state index is -0.370. The van der Waals surface area contributed by atoms with Gasteiger partial charge >= 0.3 is 0 Å². The Labute approximate surface area is 127 Å². The van der Waals surface area contributed by atoms with Gasteiger partial charge in [-0.2, -0.15) is 5.10 Å². The van der Waals surface area contributed by atoms with Gasteiger partial charge in [0.1, 0.15) is 5.56 Å². The lowest BCUT2D eigenvalue weighted by molar-refractivity contribution is 0.0937. The zero-order valence-corrected chi connectivity index (χ0v) is 13.7. The van der Waals surface area contributed by atoms with Crippen LogP contribution >= 0.6 is 11.3 Å². The van der Waals surface area contributed by atoms with Crippen molar-refractivity contribution < 1.29 is 4.79 Å². The molecule has 0 saturated heterocycles. The van der Waals surface area contributed by atoms with Gasteiger partial charge in [0.2, 0.25) is 0 Å². The van der Waals surface area contributed by atoms with Crippen molar-refractivity contribution >= 4 is 17.2 Å². The van der Waals surface area contributed by atoms with Crippen LogP contribution in [0.4, 0.5) is 0 Å². The Bertz CT molecular complexity index is 746. The molecule has 6 heteroatoms. The van der Waals surface area contributed by atoms with Crippen molar-refractivity contribution in [3.63, 3.8) is 0 Å². The molecule has 0 aliphatic rings. The quantitative estimate of drug-likeness (QED) is 0.946. The van der Waals surface area contributed by atoms with E-state index < -0.39 is 0 Å². The number of aromatic nitrogens is 2. The molecule has 1 N–H and O–H groups in total. The Morgan fingerprint density at radius 3 is 2.57 bits per heavy atom. The molecule has 0 radical (unpaired) electrons. The van der Waals surface area contributed by atoms with E-state index in [1.807, 2.05) is 26.0 Å². The summed E-state index contributed by atoms with van der Waals surface area (Å²) in [6.07, 6.45) is 0. The summed E-state index contributed by atoms with van der Waals surface area (Å²) in [6, 6.07) is 3.88. The maximum absolute atomic E-state index is 12.4. The maximum atomic E-state index is 12.4. The van der Waals surface area contributed by atoms with Crippen LogP contribution in [0.1, 0.15) is 44.3 Å². The third-order valence-corrected chi connectivity index (χ3v) is 4.67. The Hall–Kier alpha value is -1.95. The molecule has 2 heterocycles. The molecule has 0 spiro atoms. The summed E-state index contributed by atoms with van der Waals surface area (Å²) < 4.78 is 1.21. The molecule has 2 aromatic heterocycles. The summed E-state index contributed by atoms with van der Waals surface area (Å²) in [7, 11) is 1.55. The highest BCUT2D eigenvalue weighted by Gasteiger charge is 2.20. The lowest BCUT2D eigenvalue weighted by Crippen LogP contribution is -2.36. The standard InChI is InChI=1S/C15H19N3O2S/c1-8-6-7-12(21-8)11(4)16-14(19)13-9(2)10(3)17-18(5)15(13)20/h6-7,11H,1-5H3,(H,16,19)/t11-/m1/s1. The van der Waals surface area contributed by atoms with Gasteiger partial charge in [-0.1, -0.05) is 0 Å². The van der Waals surface area contributed by atoms with Gasteiger partial charge < -0.3 is 5.32 Å². The van der Waals surface area contributed by atoms with Crippen molar-refractivity contribution in [2.45, 2.75) is 33.7 Å². The van der Waals surface area contributed by atoms with Gasteiger partial charge in [0.15, 0.2) is 0 Å². The number of carbonyl (C=O) groups excluding carboxylic acids is 1. The summed E-state index contributed by atoms with van der Waals surface area (Å²) in [5.41, 5.74) is 1.11. The fourth-order valence-corrected chi connectivity index (χ4v) is 3.02. The van der Waals surface area contributed by atoms with E-state index in [1.165, 1.54) is 9.56 Å². The summed E-state index contributed by atoms with van der Waals surface area (Å²) in [5.74, 6) is -0.350. The fraction of sp³-hybridized carbons (Fsp3) is 0.400. The van der Waals surface area contributed by atoms with Crippen LogP contribution in [0, 0.1) is 20.8 Å². The minimum Gasteiger partial charge on any atom is -0.345 e.